The van der Waals surface area contributed by atoms with Crippen molar-refractivity contribution < 1.29 is 22.8 Å². The molecule has 2 rings (SSSR count). The van der Waals surface area contributed by atoms with E-state index < -0.39 is 28.5 Å². The predicted molar refractivity (Wildman–Crippen MR) is 138 cm³/mol. The van der Waals surface area contributed by atoms with Crippen LogP contribution in [-0.2, 0) is 26.2 Å². The number of rotatable bonds is 11. The Balaban J connectivity index is 2.49. The second kappa shape index (κ2) is 12.4. The highest BCUT2D eigenvalue weighted by atomic mass is 35.5. The molecule has 8 nitrogen and oxygen atoms in total. The second-order valence-corrected chi connectivity index (χ2v) is 10.7. The highest BCUT2D eigenvalue weighted by Crippen LogP contribution is 2.25. The average Bonchev–Trinajstić information content (AvgIpc) is 2.79. The van der Waals surface area contributed by atoms with Crippen LogP contribution in [0, 0.1) is 0 Å². The molecule has 0 fully saturated rings. The molecule has 0 unspecified atom stereocenters. The Labute approximate surface area is 216 Å². The molecule has 0 spiro atoms. The van der Waals surface area contributed by atoms with Gasteiger partial charge in [-0.3, -0.25) is 18.7 Å². The zero-order valence-electron chi connectivity index (χ0n) is 20.0. The number of benzene rings is 2. The van der Waals surface area contributed by atoms with Crippen LogP contribution in [-0.4, -0.2) is 56.3 Å². The van der Waals surface area contributed by atoms with Gasteiger partial charge in [0, 0.05) is 18.7 Å². The lowest BCUT2D eigenvalue weighted by Crippen LogP contribution is -2.52. The molecule has 2 aromatic rings. The van der Waals surface area contributed by atoms with E-state index in [0.717, 1.165) is 10.6 Å². The standard InChI is InChI=1S/C24H29Cl2N3O5S/c1-5-22(24(32)27-6-2)28(14-17-10-11-20(25)21(26)12-17)23(31)15-29(35(4,33)34)19-9-7-8-18(13-19)16(3)30/h7-13,22H,5-6,14-15H2,1-4H3,(H,27,32)/t22-/m1/s1. The number of sulfonamides is 1. The zero-order valence-corrected chi connectivity index (χ0v) is 22.4. The lowest BCUT2D eigenvalue weighted by atomic mass is 10.1. The molecule has 0 aliphatic carbocycles. The van der Waals surface area contributed by atoms with E-state index in [4.69, 9.17) is 23.2 Å². The van der Waals surface area contributed by atoms with Crippen LogP contribution in [0.4, 0.5) is 5.69 Å². The van der Waals surface area contributed by atoms with E-state index >= 15 is 0 Å². The van der Waals surface area contributed by atoms with Crippen LogP contribution in [0.15, 0.2) is 42.5 Å². The Hall–Kier alpha value is -2.62. The van der Waals surface area contributed by atoms with E-state index in [0.29, 0.717) is 34.1 Å². The lowest BCUT2D eigenvalue weighted by molar-refractivity contribution is -0.140. The fourth-order valence-corrected chi connectivity index (χ4v) is 4.70. The molecule has 0 radical (unpaired) electrons. The van der Waals surface area contributed by atoms with E-state index in [1.807, 2.05) is 0 Å². The number of nitrogens with zero attached hydrogens (tertiary/aromatic N) is 2. The van der Waals surface area contributed by atoms with Crippen molar-refractivity contribution in [3.8, 4) is 0 Å². The number of nitrogens with one attached hydrogen (secondary N) is 1. The van der Waals surface area contributed by atoms with E-state index in [2.05, 4.69) is 5.32 Å². The van der Waals surface area contributed by atoms with Gasteiger partial charge in [-0.1, -0.05) is 48.3 Å². The molecule has 0 heterocycles. The Bertz CT molecular complexity index is 1200. The average molecular weight is 542 g/mol. The first kappa shape index (κ1) is 28.6. The molecule has 0 saturated carbocycles. The third-order valence-electron chi connectivity index (χ3n) is 5.29. The number of carbonyl (C=O) groups excluding carboxylic acids is 3. The summed E-state index contributed by atoms with van der Waals surface area (Å²) in [5, 5.41) is 3.36. The number of likely N-dealkylation sites (N-methyl/N-ethyl adjacent to an activating group) is 1. The van der Waals surface area contributed by atoms with Crippen LogP contribution >= 0.6 is 23.2 Å². The van der Waals surface area contributed by atoms with Crippen LogP contribution in [0.25, 0.3) is 0 Å². The van der Waals surface area contributed by atoms with Crippen molar-refractivity contribution in [1.29, 1.82) is 0 Å². The molecule has 35 heavy (non-hydrogen) atoms. The van der Waals surface area contributed by atoms with E-state index in [1.165, 1.54) is 24.0 Å². The van der Waals surface area contributed by atoms with Gasteiger partial charge >= 0.3 is 0 Å². The fraction of sp³-hybridized carbons (Fsp3) is 0.375. The molecule has 0 aliphatic heterocycles. The van der Waals surface area contributed by atoms with Crippen LogP contribution in [0.5, 0.6) is 0 Å². The van der Waals surface area contributed by atoms with Gasteiger partial charge in [0.05, 0.1) is 22.0 Å². The largest absolute Gasteiger partial charge is 0.355 e. The van der Waals surface area contributed by atoms with Gasteiger partial charge in [0.1, 0.15) is 12.6 Å². The Morgan fingerprint density at radius 3 is 2.26 bits per heavy atom. The van der Waals surface area contributed by atoms with Crippen molar-refractivity contribution in [1.82, 2.24) is 10.2 Å². The summed E-state index contributed by atoms with van der Waals surface area (Å²) in [5.41, 5.74) is 1.11. The molecular formula is C24H29Cl2N3O5S. The summed E-state index contributed by atoms with van der Waals surface area (Å²) >= 11 is 12.1. The maximum Gasteiger partial charge on any atom is 0.244 e. The normalized spacial score (nSPS) is 12.1. The fourth-order valence-electron chi connectivity index (χ4n) is 3.54. The summed E-state index contributed by atoms with van der Waals surface area (Å²) in [6, 6.07) is 10.1. The molecule has 0 aromatic heterocycles. The number of halogens is 2. The van der Waals surface area contributed by atoms with Crippen LogP contribution in [0.3, 0.4) is 0 Å². The topological polar surface area (TPSA) is 104 Å². The molecule has 0 aliphatic rings. The molecule has 2 aromatic carbocycles. The van der Waals surface area contributed by atoms with Crippen LogP contribution < -0.4 is 9.62 Å². The summed E-state index contributed by atoms with van der Waals surface area (Å²) < 4.78 is 26.2. The molecule has 0 bridgehead atoms. The summed E-state index contributed by atoms with van der Waals surface area (Å²) in [6.07, 6.45) is 1.28. The molecular weight excluding hydrogens is 513 g/mol. The maximum atomic E-state index is 13.6. The maximum absolute atomic E-state index is 13.6. The molecule has 190 valence electrons. The highest BCUT2D eigenvalue weighted by Gasteiger charge is 2.31. The first-order chi connectivity index (χ1) is 16.4. The first-order valence-electron chi connectivity index (χ1n) is 11.0. The number of amides is 2. The Kier molecular flexibility index (Phi) is 10.1. The predicted octanol–water partition coefficient (Wildman–Crippen LogP) is 3.91. The first-order valence-corrected chi connectivity index (χ1v) is 13.6. The minimum atomic E-state index is -3.90. The SMILES string of the molecule is CCNC(=O)[C@@H](CC)N(Cc1ccc(Cl)c(Cl)c1)C(=O)CN(c1cccc(C(C)=O)c1)S(C)(=O)=O. The summed E-state index contributed by atoms with van der Waals surface area (Å²) in [7, 11) is -3.90. The number of Topliss-reactive ketones (excluding diaryl/α,β-unsaturated/α-hetero) is 1. The van der Waals surface area contributed by atoms with E-state index in [-0.39, 0.29) is 23.9 Å². The van der Waals surface area contributed by atoms with Gasteiger partial charge in [-0.2, -0.15) is 0 Å². The molecule has 1 atom stereocenters. The number of hydrogen-bond acceptors (Lipinski definition) is 5. The highest BCUT2D eigenvalue weighted by molar-refractivity contribution is 7.92. The van der Waals surface area contributed by atoms with Crippen molar-refractivity contribution >= 4 is 56.5 Å². The van der Waals surface area contributed by atoms with Crippen LogP contribution in [0.2, 0.25) is 10.0 Å². The van der Waals surface area contributed by atoms with Crippen molar-refractivity contribution in [2.45, 2.75) is 39.8 Å². The molecule has 0 saturated heterocycles. The van der Waals surface area contributed by atoms with Crippen molar-refractivity contribution in [3.05, 3.63) is 63.6 Å². The van der Waals surface area contributed by atoms with Crippen molar-refractivity contribution in [2.75, 3.05) is 23.7 Å². The van der Waals surface area contributed by atoms with Crippen LogP contribution in [0.1, 0.15) is 43.1 Å². The molecule has 2 amide bonds. The number of ketones is 1. The zero-order chi connectivity index (χ0) is 26.3. The van der Waals surface area contributed by atoms with Gasteiger partial charge in [0.25, 0.3) is 0 Å². The third kappa shape index (κ3) is 7.68. The smallest absolute Gasteiger partial charge is 0.244 e. The number of anilines is 1. The lowest BCUT2D eigenvalue weighted by Gasteiger charge is -2.33. The minimum Gasteiger partial charge on any atom is -0.355 e. The third-order valence-corrected chi connectivity index (χ3v) is 7.17. The number of carbonyl (C=O) groups is 3. The van der Waals surface area contributed by atoms with Crippen molar-refractivity contribution in [3.63, 3.8) is 0 Å². The number of hydrogen-bond donors (Lipinski definition) is 1. The van der Waals surface area contributed by atoms with Gasteiger partial charge in [-0.15, -0.1) is 0 Å². The van der Waals surface area contributed by atoms with Gasteiger partial charge in [0.15, 0.2) is 5.78 Å². The molecule has 11 heteroatoms. The quantitative estimate of drug-likeness (QED) is 0.434. The van der Waals surface area contributed by atoms with Gasteiger partial charge < -0.3 is 10.2 Å². The van der Waals surface area contributed by atoms with Crippen molar-refractivity contribution in [2.24, 2.45) is 0 Å². The monoisotopic (exact) mass is 541 g/mol. The van der Waals surface area contributed by atoms with Gasteiger partial charge in [0.2, 0.25) is 21.8 Å². The second-order valence-electron chi connectivity index (χ2n) is 7.96. The minimum absolute atomic E-state index is 0.0104. The summed E-state index contributed by atoms with van der Waals surface area (Å²) in [5.74, 6) is -1.18. The van der Waals surface area contributed by atoms with E-state index in [9.17, 15) is 22.8 Å². The van der Waals surface area contributed by atoms with Gasteiger partial charge in [-0.05, 0) is 50.1 Å². The summed E-state index contributed by atoms with van der Waals surface area (Å²) in [4.78, 5) is 39.5. The summed E-state index contributed by atoms with van der Waals surface area (Å²) in [6.45, 7) is 4.72. The van der Waals surface area contributed by atoms with E-state index in [1.54, 1.807) is 44.2 Å². The van der Waals surface area contributed by atoms with Gasteiger partial charge in [-0.25, -0.2) is 8.42 Å². The molecule has 1 N–H and O–H groups in total. The Morgan fingerprint density at radius 2 is 1.71 bits per heavy atom. The Morgan fingerprint density at radius 1 is 1.03 bits per heavy atom.